The van der Waals surface area contributed by atoms with E-state index < -0.39 is 46.3 Å². The number of carbonyl (C=O) groups excluding carboxylic acids is 1. The van der Waals surface area contributed by atoms with Crippen LogP contribution in [-0.2, 0) is 0 Å². The lowest BCUT2D eigenvalue weighted by molar-refractivity contribution is 0.243. The summed E-state index contributed by atoms with van der Waals surface area (Å²) in [5, 5.41) is 3.85. The quantitative estimate of drug-likeness (QED) is 0.463. The second-order valence-electron chi connectivity index (χ2n) is 4.77. The molecule has 2 N–H and O–H groups in total. The van der Waals surface area contributed by atoms with Crippen LogP contribution < -0.4 is 10.6 Å². The first-order chi connectivity index (χ1) is 8.54. The highest BCUT2D eigenvalue weighted by molar-refractivity contribution is 5.90. The second kappa shape index (κ2) is 5.02. The van der Waals surface area contributed by atoms with Gasteiger partial charge in [0.1, 0.15) is 5.69 Å². The molecule has 8 heteroatoms. The first-order valence-electron chi connectivity index (χ1n) is 5.15. The van der Waals surface area contributed by atoms with Crippen LogP contribution in [0.1, 0.15) is 20.8 Å². The van der Waals surface area contributed by atoms with Gasteiger partial charge in [0, 0.05) is 5.54 Å². The Balaban J connectivity index is 3.13. The third-order valence-electron chi connectivity index (χ3n) is 1.94. The fourth-order valence-corrected chi connectivity index (χ4v) is 1.20. The Kier molecular flexibility index (Phi) is 4.02. The van der Waals surface area contributed by atoms with Gasteiger partial charge in [0.25, 0.3) is 0 Å². The summed E-state index contributed by atoms with van der Waals surface area (Å²) in [5.74, 6) is -10.7. The van der Waals surface area contributed by atoms with E-state index in [0.717, 1.165) is 0 Å². The Morgan fingerprint density at radius 1 is 0.842 bits per heavy atom. The molecule has 1 aromatic carbocycles. The monoisotopic (exact) mass is 282 g/mol. The largest absolute Gasteiger partial charge is 0.333 e. The van der Waals surface area contributed by atoms with E-state index in [0.29, 0.717) is 0 Å². The van der Waals surface area contributed by atoms with Gasteiger partial charge in [-0.2, -0.15) is 0 Å². The number of rotatable bonds is 1. The van der Waals surface area contributed by atoms with E-state index >= 15 is 0 Å². The third kappa shape index (κ3) is 3.33. The predicted molar refractivity (Wildman–Crippen MR) is 58.1 cm³/mol. The number of urea groups is 1. The molecule has 0 saturated heterocycles. The van der Waals surface area contributed by atoms with E-state index in [2.05, 4.69) is 5.32 Å². The van der Waals surface area contributed by atoms with E-state index in [1.54, 1.807) is 26.1 Å². The molecule has 106 valence electrons. The molecular weight excluding hydrogens is 271 g/mol. The minimum absolute atomic E-state index is 0.742. The van der Waals surface area contributed by atoms with Crippen LogP contribution in [0.25, 0.3) is 0 Å². The Morgan fingerprint density at radius 3 is 1.58 bits per heavy atom. The molecule has 0 radical (unpaired) electrons. The van der Waals surface area contributed by atoms with Crippen LogP contribution >= 0.6 is 0 Å². The van der Waals surface area contributed by atoms with E-state index in [4.69, 9.17) is 0 Å². The highest BCUT2D eigenvalue weighted by Crippen LogP contribution is 2.27. The standard InChI is InChI=1S/C11H11F5N2O/c1-11(2,3)18-10(19)17-9-7(15)5(13)4(12)6(14)8(9)16/h1-3H3,(H2,17,18,19). The second-order valence-corrected chi connectivity index (χ2v) is 4.77. The maximum atomic E-state index is 13.2. The summed E-state index contributed by atoms with van der Waals surface area (Å²) >= 11 is 0. The Labute approximate surface area is 105 Å². The Morgan fingerprint density at radius 2 is 1.21 bits per heavy atom. The van der Waals surface area contributed by atoms with Gasteiger partial charge < -0.3 is 10.6 Å². The van der Waals surface area contributed by atoms with Crippen molar-refractivity contribution in [3.8, 4) is 0 Å². The zero-order chi connectivity index (χ0) is 15.0. The molecule has 0 unspecified atom stereocenters. The van der Waals surface area contributed by atoms with Crippen LogP contribution in [0, 0.1) is 29.1 Å². The molecule has 0 aliphatic heterocycles. The summed E-state index contributed by atoms with van der Waals surface area (Å²) in [7, 11) is 0. The fourth-order valence-electron chi connectivity index (χ4n) is 1.20. The van der Waals surface area contributed by atoms with Crippen molar-refractivity contribution < 1.29 is 26.7 Å². The van der Waals surface area contributed by atoms with Crippen LogP contribution in [0.2, 0.25) is 0 Å². The van der Waals surface area contributed by atoms with Crippen molar-refractivity contribution in [1.29, 1.82) is 0 Å². The minimum atomic E-state index is -2.28. The lowest BCUT2D eigenvalue weighted by Crippen LogP contribution is -2.43. The Hall–Kier alpha value is -1.86. The molecule has 0 spiro atoms. The molecule has 1 aromatic rings. The molecule has 1 rings (SSSR count). The van der Waals surface area contributed by atoms with Gasteiger partial charge in [0.05, 0.1) is 0 Å². The molecule has 0 heterocycles. The minimum Gasteiger partial charge on any atom is -0.333 e. The van der Waals surface area contributed by atoms with E-state index in [1.807, 2.05) is 0 Å². The lowest BCUT2D eigenvalue weighted by atomic mass is 10.1. The maximum Gasteiger partial charge on any atom is 0.319 e. The van der Waals surface area contributed by atoms with Gasteiger partial charge in [-0.1, -0.05) is 0 Å². The van der Waals surface area contributed by atoms with Crippen molar-refractivity contribution in [3.05, 3.63) is 29.1 Å². The van der Waals surface area contributed by atoms with Crippen molar-refractivity contribution in [2.75, 3.05) is 5.32 Å². The molecule has 0 aliphatic rings. The Bertz CT molecular complexity index is 496. The maximum absolute atomic E-state index is 13.2. The number of benzene rings is 1. The summed E-state index contributed by atoms with van der Waals surface area (Å²) in [6.45, 7) is 4.72. The first-order valence-corrected chi connectivity index (χ1v) is 5.15. The van der Waals surface area contributed by atoms with Gasteiger partial charge in [-0.25, -0.2) is 26.7 Å². The highest BCUT2D eigenvalue weighted by Gasteiger charge is 2.27. The summed E-state index contributed by atoms with van der Waals surface area (Å²) in [6, 6.07) is -1.09. The number of amides is 2. The summed E-state index contributed by atoms with van der Waals surface area (Å²) in [5.41, 5.74) is -2.13. The van der Waals surface area contributed by atoms with Gasteiger partial charge in [0.2, 0.25) is 5.82 Å². The van der Waals surface area contributed by atoms with Gasteiger partial charge in [0.15, 0.2) is 23.3 Å². The van der Waals surface area contributed by atoms with Gasteiger partial charge in [-0.05, 0) is 20.8 Å². The van der Waals surface area contributed by atoms with E-state index in [-0.39, 0.29) is 0 Å². The molecule has 0 atom stereocenters. The summed E-state index contributed by atoms with van der Waals surface area (Å²) in [4.78, 5) is 11.3. The van der Waals surface area contributed by atoms with Crippen molar-refractivity contribution >= 4 is 11.7 Å². The van der Waals surface area contributed by atoms with Crippen molar-refractivity contribution in [1.82, 2.24) is 5.32 Å². The van der Waals surface area contributed by atoms with Crippen LogP contribution in [0.3, 0.4) is 0 Å². The molecular formula is C11H11F5N2O. The average molecular weight is 282 g/mol. The smallest absolute Gasteiger partial charge is 0.319 e. The molecule has 0 bridgehead atoms. The molecule has 0 aliphatic carbocycles. The van der Waals surface area contributed by atoms with Crippen LogP contribution in [0.4, 0.5) is 32.4 Å². The zero-order valence-corrected chi connectivity index (χ0v) is 10.3. The molecule has 0 fully saturated rings. The van der Waals surface area contributed by atoms with Crippen molar-refractivity contribution in [2.45, 2.75) is 26.3 Å². The topological polar surface area (TPSA) is 41.1 Å². The molecule has 0 saturated carbocycles. The number of anilines is 1. The lowest BCUT2D eigenvalue weighted by Gasteiger charge is -2.21. The van der Waals surface area contributed by atoms with Crippen LogP contribution in [0.15, 0.2) is 0 Å². The molecule has 2 amide bonds. The average Bonchev–Trinajstić information content (AvgIpc) is 2.27. The molecule has 19 heavy (non-hydrogen) atoms. The number of carbonyl (C=O) groups is 1. The summed E-state index contributed by atoms with van der Waals surface area (Å²) in [6.07, 6.45) is 0. The summed E-state index contributed by atoms with van der Waals surface area (Å²) < 4.78 is 64.9. The van der Waals surface area contributed by atoms with E-state index in [9.17, 15) is 26.7 Å². The van der Waals surface area contributed by atoms with Crippen LogP contribution in [-0.4, -0.2) is 11.6 Å². The number of hydrogen-bond donors (Lipinski definition) is 2. The van der Waals surface area contributed by atoms with Crippen molar-refractivity contribution in [2.24, 2.45) is 0 Å². The molecule has 3 nitrogen and oxygen atoms in total. The number of halogens is 5. The van der Waals surface area contributed by atoms with Crippen LogP contribution in [0.5, 0.6) is 0 Å². The zero-order valence-electron chi connectivity index (χ0n) is 10.3. The van der Waals surface area contributed by atoms with Gasteiger partial charge in [-0.3, -0.25) is 0 Å². The van der Waals surface area contributed by atoms with Gasteiger partial charge >= 0.3 is 6.03 Å². The third-order valence-corrected chi connectivity index (χ3v) is 1.94. The number of nitrogens with one attached hydrogen (secondary N) is 2. The first kappa shape index (κ1) is 15.2. The predicted octanol–water partition coefficient (Wildman–Crippen LogP) is 3.30. The van der Waals surface area contributed by atoms with Gasteiger partial charge in [-0.15, -0.1) is 0 Å². The van der Waals surface area contributed by atoms with Crippen molar-refractivity contribution in [3.63, 3.8) is 0 Å². The SMILES string of the molecule is CC(C)(C)NC(=O)Nc1c(F)c(F)c(F)c(F)c1F. The highest BCUT2D eigenvalue weighted by atomic mass is 19.2. The fraction of sp³-hybridized carbons (Fsp3) is 0.364. The normalized spacial score (nSPS) is 11.4. The number of hydrogen-bond acceptors (Lipinski definition) is 1. The molecule has 0 aromatic heterocycles. The van der Waals surface area contributed by atoms with E-state index in [1.165, 1.54) is 0 Å².